The van der Waals surface area contributed by atoms with Crippen molar-refractivity contribution in [3.8, 4) is 0 Å². The van der Waals surface area contributed by atoms with Crippen molar-refractivity contribution in [1.82, 2.24) is 10.2 Å². The Morgan fingerprint density at radius 1 is 1.17 bits per heavy atom. The van der Waals surface area contributed by atoms with Crippen LogP contribution in [-0.4, -0.2) is 41.6 Å². The number of hydrogen-bond acceptors (Lipinski definition) is 4. The number of carbonyl (C=O) groups excluding carboxylic acids is 3. The van der Waals surface area contributed by atoms with Crippen molar-refractivity contribution in [2.45, 2.75) is 53.0 Å². The minimum Gasteiger partial charge on any atom is -0.350 e. The molecule has 0 saturated carbocycles. The molecular formula is C17H26N2O3S. The molecule has 0 aromatic carbocycles. The Bertz CT molecular complexity index is 599. The molecule has 0 aliphatic rings. The maximum atomic E-state index is 12.2. The molecule has 0 atom stereocenters. The Morgan fingerprint density at radius 2 is 1.78 bits per heavy atom. The van der Waals surface area contributed by atoms with Gasteiger partial charge >= 0.3 is 0 Å². The molecule has 0 bridgehead atoms. The summed E-state index contributed by atoms with van der Waals surface area (Å²) in [5, 5.41) is 2.81. The van der Waals surface area contributed by atoms with Crippen molar-refractivity contribution < 1.29 is 14.4 Å². The zero-order valence-corrected chi connectivity index (χ0v) is 15.6. The third kappa shape index (κ3) is 6.52. The zero-order valence-electron chi connectivity index (χ0n) is 14.8. The summed E-state index contributed by atoms with van der Waals surface area (Å²) in [5.41, 5.74) is 0.374. The van der Waals surface area contributed by atoms with Gasteiger partial charge in [-0.3, -0.25) is 14.4 Å². The van der Waals surface area contributed by atoms with Crippen LogP contribution in [0.5, 0.6) is 0 Å². The van der Waals surface area contributed by atoms with E-state index in [0.29, 0.717) is 5.56 Å². The molecule has 0 fully saturated rings. The molecule has 0 saturated heterocycles. The highest BCUT2D eigenvalue weighted by atomic mass is 32.1. The van der Waals surface area contributed by atoms with Gasteiger partial charge < -0.3 is 10.2 Å². The molecule has 1 aromatic rings. The van der Waals surface area contributed by atoms with Gasteiger partial charge in [0, 0.05) is 40.7 Å². The van der Waals surface area contributed by atoms with Crippen LogP contribution in [0.15, 0.2) is 6.07 Å². The average Bonchev–Trinajstić information content (AvgIpc) is 2.72. The summed E-state index contributed by atoms with van der Waals surface area (Å²) in [4.78, 5) is 39.5. The average molecular weight is 338 g/mol. The van der Waals surface area contributed by atoms with Gasteiger partial charge in [0.2, 0.25) is 11.8 Å². The largest absolute Gasteiger partial charge is 0.350 e. The summed E-state index contributed by atoms with van der Waals surface area (Å²) in [6, 6.07) is 1.87. The number of rotatable bonds is 6. The number of carbonyl (C=O) groups is 3. The fourth-order valence-electron chi connectivity index (χ4n) is 2.22. The third-order valence-electron chi connectivity index (χ3n) is 3.23. The second-order valence-electron chi connectivity index (χ2n) is 6.80. The fourth-order valence-corrected chi connectivity index (χ4v) is 3.16. The van der Waals surface area contributed by atoms with E-state index in [1.807, 2.05) is 40.7 Å². The molecule has 0 spiro atoms. The minimum atomic E-state index is -0.328. The molecule has 23 heavy (non-hydrogen) atoms. The van der Waals surface area contributed by atoms with Gasteiger partial charge in [-0.05, 0) is 40.7 Å². The number of thiophene rings is 1. The molecule has 1 rings (SSSR count). The number of Topliss-reactive ketones (excluding diaryl/α,β-unsaturated/α-hetero) is 1. The summed E-state index contributed by atoms with van der Waals surface area (Å²) in [5.74, 6) is -0.427. The molecule has 1 aromatic heterocycles. The number of likely N-dealkylation sites (N-methyl/N-ethyl adjacent to an activating group) is 1. The van der Waals surface area contributed by atoms with E-state index in [4.69, 9.17) is 0 Å². The number of amides is 2. The van der Waals surface area contributed by atoms with E-state index in [0.717, 1.165) is 9.75 Å². The van der Waals surface area contributed by atoms with Gasteiger partial charge in [0.1, 0.15) is 0 Å². The molecule has 0 aliphatic heterocycles. The van der Waals surface area contributed by atoms with E-state index in [2.05, 4.69) is 5.32 Å². The van der Waals surface area contributed by atoms with Crippen molar-refractivity contribution in [3.05, 3.63) is 21.4 Å². The summed E-state index contributed by atoms with van der Waals surface area (Å²) in [6.07, 6.45) is 0.285. The van der Waals surface area contributed by atoms with E-state index >= 15 is 0 Å². The Hall–Kier alpha value is -1.69. The normalized spacial score (nSPS) is 11.2. The highest BCUT2D eigenvalue weighted by molar-refractivity contribution is 7.12. The number of nitrogens with one attached hydrogen (secondary N) is 1. The Kier molecular flexibility index (Phi) is 6.50. The first-order valence-electron chi connectivity index (χ1n) is 7.65. The molecule has 5 nitrogen and oxygen atoms in total. The summed E-state index contributed by atoms with van der Waals surface area (Å²) >= 11 is 1.58. The van der Waals surface area contributed by atoms with E-state index in [-0.39, 0.29) is 42.5 Å². The smallest absolute Gasteiger partial charge is 0.240 e. The molecule has 0 radical (unpaired) electrons. The third-order valence-corrected chi connectivity index (χ3v) is 4.19. The standard InChI is InChI=1S/C17H26N2O3S/c1-11-9-13(12(2)23-11)14(20)7-8-16(22)19(6)10-15(21)18-17(3,4)5/h9H,7-8,10H2,1-6H3,(H,18,21). The van der Waals surface area contributed by atoms with Crippen LogP contribution in [-0.2, 0) is 9.59 Å². The molecule has 1 N–H and O–H groups in total. The van der Waals surface area contributed by atoms with Crippen LogP contribution in [0.4, 0.5) is 0 Å². The lowest BCUT2D eigenvalue weighted by molar-refractivity contribution is -0.135. The van der Waals surface area contributed by atoms with Gasteiger partial charge in [-0.1, -0.05) is 0 Å². The number of ketones is 1. The lowest BCUT2D eigenvalue weighted by Crippen LogP contribution is -2.46. The molecule has 0 aliphatic carbocycles. The summed E-state index contributed by atoms with van der Waals surface area (Å²) in [6.45, 7) is 9.53. The van der Waals surface area contributed by atoms with Gasteiger partial charge in [-0.2, -0.15) is 0 Å². The Morgan fingerprint density at radius 3 is 2.26 bits per heavy atom. The van der Waals surface area contributed by atoms with E-state index < -0.39 is 0 Å². The Balaban J connectivity index is 2.48. The van der Waals surface area contributed by atoms with Gasteiger partial charge in [0.05, 0.1) is 6.54 Å². The van der Waals surface area contributed by atoms with Crippen LogP contribution in [0.25, 0.3) is 0 Å². The molecule has 0 unspecified atom stereocenters. The predicted molar refractivity (Wildman–Crippen MR) is 92.9 cm³/mol. The second-order valence-corrected chi connectivity index (χ2v) is 8.26. The quantitative estimate of drug-likeness (QED) is 0.811. The SMILES string of the molecule is Cc1cc(C(=O)CCC(=O)N(C)CC(=O)NC(C)(C)C)c(C)s1. The fraction of sp³-hybridized carbons (Fsp3) is 0.588. The first-order valence-corrected chi connectivity index (χ1v) is 8.46. The maximum Gasteiger partial charge on any atom is 0.240 e. The van der Waals surface area contributed by atoms with Gasteiger partial charge in [0.25, 0.3) is 0 Å². The van der Waals surface area contributed by atoms with Gasteiger partial charge in [-0.25, -0.2) is 0 Å². The molecular weight excluding hydrogens is 312 g/mol. The topological polar surface area (TPSA) is 66.5 Å². The first-order chi connectivity index (χ1) is 10.5. The first kappa shape index (κ1) is 19.4. The molecule has 1 heterocycles. The number of aryl methyl sites for hydroxylation is 2. The Labute approximate surface area is 142 Å². The van der Waals surface area contributed by atoms with Crippen molar-refractivity contribution in [3.63, 3.8) is 0 Å². The van der Waals surface area contributed by atoms with Gasteiger partial charge in [-0.15, -0.1) is 11.3 Å². The summed E-state index contributed by atoms with van der Waals surface area (Å²) < 4.78 is 0. The summed E-state index contributed by atoms with van der Waals surface area (Å²) in [7, 11) is 1.58. The van der Waals surface area contributed by atoms with Crippen molar-refractivity contribution in [1.29, 1.82) is 0 Å². The van der Waals surface area contributed by atoms with Crippen LogP contribution in [0, 0.1) is 13.8 Å². The van der Waals surface area contributed by atoms with E-state index in [9.17, 15) is 14.4 Å². The molecule has 2 amide bonds. The van der Waals surface area contributed by atoms with Crippen LogP contribution in [0.1, 0.15) is 53.7 Å². The van der Waals surface area contributed by atoms with Crippen molar-refractivity contribution >= 4 is 28.9 Å². The van der Waals surface area contributed by atoms with Crippen molar-refractivity contribution in [2.24, 2.45) is 0 Å². The second kappa shape index (κ2) is 7.73. The van der Waals surface area contributed by atoms with E-state index in [1.165, 1.54) is 4.90 Å². The minimum absolute atomic E-state index is 0.000874. The van der Waals surface area contributed by atoms with Gasteiger partial charge in [0.15, 0.2) is 5.78 Å². The van der Waals surface area contributed by atoms with Crippen molar-refractivity contribution in [2.75, 3.05) is 13.6 Å². The zero-order chi connectivity index (χ0) is 17.8. The highest BCUT2D eigenvalue weighted by Crippen LogP contribution is 2.22. The number of nitrogens with zero attached hydrogens (tertiary/aromatic N) is 1. The van der Waals surface area contributed by atoms with Crippen LogP contribution in [0.3, 0.4) is 0 Å². The molecule has 6 heteroatoms. The van der Waals surface area contributed by atoms with Crippen LogP contribution >= 0.6 is 11.3 Å². The maximum absolute atomic E-state index is 12.2. The lowest BCUT2D eigenvalue weighted by atomic mass is 10.1. The highest BCUT2D eigenvalue weighted by Gasteiger charge is 2.19. The molecule has 128 valence electrons. The monoisotopic (exact) mass is 338 g/mol. The number of hydrogen-bond donors (Lipinski definition) is 1. The lowest BCUT2D eigenvalue weighted by Gasteiger charge is -2.23. The van der Waals surface area contributed by atoms with E-state index in [1.54, 1.807) is 18.4 Å². The van der Waals surface area contributed by atoms with Crippen LogP contribution in [0.2, 0.25) is 0 Å². The predicted octanol–water partition coefficient (Wildman–Crippen LogP) is 2.70. The van der Waals surface area contributed by atoms with Crippen LogP contribution < -0.4 is 5.32 Å².